The maximum Gasteiger partial charge on any atom is 0.353 e. The Bertz CT molecular complexity index is 747. The van der Waals surface area contributed by atoms with E-state index in [2.05, 4.69) is 20.9 Å². The van der Waals surface area contributed by atoms with Gasteiger partial charge in [-0.15, -0.1) is 11.3 Å². The van der Waals surface area contributed by atoms with Crippen molar-refractivity contribution in [1.29, 1.82) is 0 Å². The van der Waals surface area contributed by atoms with Crippen LogP contribution in [0.3, 0.4) is 0 Å². The molecule has 0 aliphatic heterocycles. The van der Waals surface area contributed by atoms with Gasteiger partial charge in [-0.05, 0) is 6.07 Å². The van der Waals surface area contributed by atoms with E-state index in [0.717, 1.165) is 15.7 Å². The van der Waals surface area contributed by atoms with Crippen molar-refractivity contribution in [3.8, 4) is 11.3 Å². The lowest BCUT2D eigenvalue weighted by molar-refractivity contribution is 0.0689. The van der Waals surface area contributed by atoms with Gasteiger partial charge in [0.1, 0.15) is 5.69 Å². The molecule has 1 N–H and O–H groups in total. The molecule has 18 heavy (non-hydrogen) atoms. The summed E-state index contributed by atoms with van der Waals surface area (Å²) in [7, 11) is 0. The lowest BCUT2D eigenvalue weighted by atomic mass is 10.2. The number of hydrogen-bond donors (Lipinski definition) is 1. The maximum atomic E-state index is 11.0. The monoisotopic (exact) mass is 322 g/mol. The van der Waals surface area contributed by atoms with E-state index in [1.165, 1.54) is 11.3 Å². The summed E-state index contributed by atoms with van der Waals surface area (Å²) >= 11 is 4.78. The molecule has 3 aromatic rings. The van der Waals surface area contributed by atoms with Crippen LogP contribution in [0.2, 0.25) is 0 Å². The van der Waals surface area contributed by atoms with Gasteiger partial charge in [0.2, 0.25) is 0 Å². The zero-order chi connectivity index (χ0) is 12.7. The Morgan fingerprint density at radius 1 is 1.39 bits per heavy atom. The highest BCUT2D eigenvalue weighted by Gasteiger charge is 2.14. The second-order valence-electron chi connectivity index (χ2n) is 3.68. The number of hydrogen-bond acceptors (Lipinski definition) is 3. The van der Waals surface area contributed by atoms with Crippen molar-refractivity contribution in [2.45, 2.75) is 0 Å². The minimum Gasteiger partial charge on any atom is -0.477 e. The summed E-state index contributed by atoms with van der Waals surface area (Å²) in [5.74, 6) is -0.947. The smallest absolute Gasteiger partial charge is 0.353 e. The number of carboxylic acids is 1. The van der Waals surface area contributed by atoms with Gasteiger partial charge < -0.3 is 5.11 Å². The second kappa shape index (κ2) is 4.22. The molecule has 0 fully saturated rings. The number of nitrogens with zero attached hydrogens (tertiary/aromatic N) is 2. The molecule has 0 saturated heterocycles. The first-order chi connectivity index (χ1) is 8.66. The van der Waals surface area contributed by atoms with Gasteiger partial charge in [0.15, 0.2) is 4.96 Å². The Kier molecular flexibility index (Phi) is 2.68. The van der Waals surface area contributed by atoms with Crippen LogP contribution >= 0.6 is 27.3 Å². The number of fused-ring (bicyclic) bond motifs is 1. The third-order valence-electron chi connectivity index (χ3n) is 2.58. The van der Waals surface area contributed by atoms with Crippen LogP contribution in [0.5, 0.6) is 0 Å². The number of halogens is 1. The zero-order valence-electron chi connectivity index (χ0n) is 9.00. The summed E-state index contributed by atoms with van der Waals surface area (Å²) < 4.78 is 2.54. The number of thiazole rings is 1. The summed E-state index contributed by atoms with van der Waals surface area (Å²) in [4.78, 5) is 16.2. The van der Waals surface area contributed by atoms with Crippen molar-refractivity contribution >= 4 is 38.2 Å². The van der Waals surface area contributed by atoms with Crippen LogP contribution in [0.25, 0.3) is 16.2 Å². The van der Waals surface area contributed by atoms with Gasteiger partial charge in [-0.1, -0.05) is 34.1 Å². The molecule has 0 saturated carbocycles. The molecular weight excluding hydrogens is 316 g/mol. The summed E-state index contributed by atoms with van der Waals surface area (Å²) in [6.07, 6.45) is 1.75. The van der Waals surface area contributed by atoms with Crippen molar-refractivity contribution in [2.75, 3.05) is 0 Å². The van der Waals surface area contributed by atoms with Crippen molar-refractivity contribution < 1.29 is 9.90 Å². The standard InChI is InChI=1S/C12H7BrN2O2S/c13-8-4-2-1-3-7(8)9-5-15-10(11(16)17)6-18-12(15)14-9/h1-6H,(H,16,17). The fourth-order valence-electron chi connectivity index (χ4n) is 1.74. The molecule has 90 valence electrons. The van der Waals surface area contributed by atoms with E-state index in [9.17, 15) is 4.79 Å². The number of imidazole rings is 1. The first kappa shape index (κ1) is 11.4. The van der Waals surface area contributed by atoms with Gasteiger partial charge in [0, 0.05) is 21.6 Å². The number of aromatic nitrogens is 2. The van der Waals surface area contributed by atoms with Gasteiger partial charge in [0.05, 0.1) is 5.69 Å². The Balaban J connectivity index is 2.20. The highest BCUT2D eigenvalue weighted by Crippen LogP contribution is 2.29. The topological polar surface area (TPSA) is 54.6 Å². The number of aromatic carboxylic acids is 1. The Morgan fingerprint density at radius 3 is 2.89 bits per heavy atom. The quantitative estimate of drug-likeness (QED) is 0.785. The molecule has 0 unspecified atom stereocenters. The van der Waals surface area contributed by atoms with E-state index >= 15 is 0 Å². The fourth-order valence-corrected chi connectivity index (χ4v) is 3.07. The van der Waals surface area contributed by atoms with Crippen LogP contribution in [0, 0.1) is 0 Å². The number of carboxylic acid groups (broad SMARTS) is 1. The Hall–Kier alpha value is -1.66. The first-order valence-corrected chi connectivity index (χ1v) is 6.79. The fraction of sp³-hybridized carbons (Fsp3) is 0. The summed E-state index contributed by atoms with van der Waals surface area (Å²) in [5, 5.41) is 10.6. The zero-order valence-corrected chi connectivity index (χ0v) is 11.4. The molecule has 6 heteroatoms. The average Bonchev–Trinajstić information content (AvgIpc) is 2.88. The van der Waals surface area contributed by atoms with E-state index < -0.39 is 5.97 Å². The largest absolute Gasteiger partial charge is 0.477 e. The summed E-state index contributed by atoms with van der Waals surface area (Å²) in [6, 6.07) is 7.72. The van der Waals surface area contributed by atoms with Crippen LogP contribution < -0.4 is 0 Å². The predicted molar refractivity (Wildman–Crippen MR) is 73.2 cm³/mol. The van der Waals surface area contributed by atoms with Crippen molar-refractivity contribution in [1.82, 2.24) is 9.38 Å². The van der Waals surface area contributed by atoms with Crippen LogP contribution in [0.15, 0.2) is 40.3 Å². The van der Waals surface area contributed by atoms with E-state index in [-0.39, 0.29) is 5.69 Å². The third kappa shape index (κ3) is 1.74. The lowest BCUT2D eigenvalue weighted by Crippen LogP contribution is -1.99. The first-order valence-electron chi connectivity index (χ1n) is 5.11. The number of rotatable bonds is 2. The van der Waals surface area contributed by atoms with Crippen LogP contribution in [-0.2, 0) is 0 Å². The SMILES string of the molecule is O=C(O)c1csc2nc(-c3ccccc3Br)cn12. The average molecular weight is 323 g/mol. The van der Waals surface area contributed by atoms with E-state index in [0.29, 0.717) is 4.96 Å². The second-order valence-corrected chi connectivity index (χ2v) is 5.38. The van der Waals surface area contributed by atoms with Gasteiger partial charge in [-0.2, -0.15) is 0 Å². The predicted octanol–water partition coefficient (Wildman–Crippen LogP) is 3.52. The normalized spacial score (nSPS) is 10.9. The number of benzene rings is 1. The van der Waals surface area contributed by atoms with Crippen LogP contribution in [0.4, 0.5) is 0 Å². The van der Waals surface area contributed by atoms with Crippen molar-refractivity contribution in [2.24, 2.45) is 0 Å². The van der Waals surface area contributed by atoms with Crippen LogP contribution in [0.1, 0.15) is 10.5 Å². The molecule has 0 amide bonds. The van der Waals surface area contributed by atoms with E-state index in [1.807, 2.05) is 24.3 Å². The van der Waals surface area contributed by atoms with Crippen LogP contribution in [-0.4, -0.2) is 20.5 Å². The van der Waals surface area contributed by atoms with Gasteiger partial charge in [-0.25, -0.2) is 9.78 Å². The van der Waals surface area contributed by atoms with E-state index in [1.54, 1.807) is 16.0 Å². The molecule has 0 aliphatic carbocycles. The summed E-state index contributed by atoms with van der Waals surface area (Å²) in [5.41, 5.74) is 1.95. The highest BCUT2D eigenvalue weighted by molar-refractivity contribution is 9.10. The number of carbonyl (C=O) groups is 1. The minimum absolute atomic E-state index is 0.237. The molecule has 4 nitrogen and oxygen atoms in total. The Morgan fingerprint density at radius 2 is 2.17 bits per heavy atom. The molecule has 2 aromatic heterocycles. The molecule has 0 aliphatic rings. The third-order valence-corrected chi connectivity index (χ3v) is 4.11. The molecule has 0 atom stereocenters. The molecule has 1 aromatic carbocycles. The van der Waals surface area contributed by atoms with Gasteiger partial charge in [-0.3, -0.25) is 4.40 Å². The molecule has 0 spiro atoms. The molecule has 3 rings (SSSR count). The molecule has 0 radical (unpaired) electrons. The molecule has 2 heterocycles. The van der Waals surface area contributed by atoms with Gasteiger partial charge >= 0.3 is 5.97 Å². The molecular formula is C12H7BrN2O2S. The summed E-state index contributed by atoms with van der Waals surface area (Å²) in [6.45, 7) is 0. The van der Waals surface area contributed by atoms with E-state index in [4.69, 9.17) is 5.11 Å². The maximum absolute atomic E-state index is 11.0. The minimum atomic E-state index is -0.947. The van der Waals surface area contributed by atoms with Gasteiger partial charge in [0.25, 0.3) is 0 Å². The molecule has 0 bridgehead atoms. The van der Waals surface area contributed by atoms with Crippen molar-refractivity contribution in [3.63, 3.8) is 0 Å². The Labute approximate surface area is 115 Å². The van der Waals surface area contributed by atoms with Crippen molar-refractivity contribution in [3.05, 3.63) is 46.0 Å². The lowest BCUT2D eigenvalue weighted by Gasteiger charge is -1.98. The highest BCUT2D eigenvalue weighted by atomic mass is 79.9.